The maximum absolute atomic E-state index is 12.1. The summed E-state index contributed by atoms with van der Waals surface area (Å²) in [7, 11) is 1.66. The van der Waals surface area contributed by atoms with Gasteiger partial charge < -0.3 is 15.4 Å². The minimum Gasteiger partial charge on any atom is -0.495 e. The molecular formula is C25H23FN6O2S. The predicted molar refractivity (Wildman–Crippen MR) is 141 cm³/mol. The van der Waals surface area contributed by atoms with Gasteiger partial charge in [-0.3, -0.25) is 4.94 Å². The van der Waals surface area contributed by atoms with E-state index in [9.17, 15) is 4.53 Å². The van der Waals surface area contributed by atoms with Crippen molar-refractivity contribution < 1.29 is 14.2 Å². The third kappa shape index (κ3) is 6.24. The monoisotopic (exact) mass is 490 g/mol. The standard InChI is InChI=1S/C25H23FN6O2S/c1-33-23-5-3-2-4-22(23)32-14-15-35-25(32)31-30-16-18-6-8-19(9-7-18)24(27)29-17-28-20-10-12-21(34-26)13-11-20/h2-13,16-17H,14-15H2,1H3,(H2,27,28,29)/b30-16+,31-25-. The van der Waals surface area contributed by atoms with E-state index in [1.165, 1.54) is 18.5 Å². The van der Waals surface area contributed by atoms with Crippen LogP contribution in [0.15, 0.2) is 93.0 Å². The van der Waals surface area contributed by atoms with Crippen LogP contribution in [0, 0.1) is 0 Å². The lowest BCUT2D eigenvalue weighted by molar-refractivity contribution is -0.00618. The maximum atomic E-state index is 12.1. The predicted octanol–water partition coefficient (Wildman–Crippen LogP) is 4.97. The van der Waals surface area contributed by atoms with Crippen LogP contribution in [0.5, 0.6) is 11.5 Å². The molecule has 3 aromatic carbocycles. The van der Waals surface area contributed by atoms with Gasteiger partial charge in [-0.1, -0.05) is 48.2 Å². The Morgan fingerprint density at radius 1 is 1.06 bits per heavy atom. The average Bonchev–Trinajstić information content (AvgIpc) is 3.37. The van der Waals surface area contributed by atoms with E-state index in [-0.39, 0.29) is 5.75 Å². The van der Waals surface area contributed by atoms with Crippen LogP contribution in [0.4, 0.5) is 15.9 Å². The quantitative estimate of drug-likeness (QED) is 0.273. The molecule has 178 valence electrons. The van der Waals surface area contributed by atoms with E-state index in [1.54, 1.807) is 37.2 Å². The fraction of sp³-hybridized carbons (Fsp3) is 0.120. The van der Waals surface area contributed by atoms with Gasteiger partial charge in [0.2, 0.25) is 0 Å². The lowest BCUT2D eigenvalue weighted by Crippen LogP contribution is -2.23. The number of nitrogens with two attached hydrogens (primary N) is 1. The van der Waals surface area contributed by atoms with Crippen LogP contribution in [-0.4, -0.2) is 43.0 Å². The van der Waals surface area contributed by atoms with Crippen LogP contribution >= 0.6 is 11.8 Å². The SMILES string of the molecule is COc1ccccc1N1CCS/C1=N\N=C\c1ccc(C(N)=NC=Nc2ccc(OF)cc2)cc1. The van der Waals surface area contributed by atoms with Crippen molar-refractivity contribution >= 4 is 46.7 Å². The van der Waals surface area contributed by atoms with E-state index in [0.717, 1.165) is 40.0 Å². The number of hydrogen-bond acceptors (Lipinski definition) is 6. The number of benzene rings is 3. The number of amidine groups is 2. The van der Waals surface area contributed by atoms with Crippen molar-refractivity contribution in [3.05, 3.63) is 83.9 Å². The fourth-order valence-corrected chi connectivity index (χ4v) is 4.17. The van der Waals surface area contributed by atoms with Gasteiger partial charge in [0.1, 0.15) is 17.9 Å². The highest BCUT2D eigenvalue weighted by Gasteiger charge is 2.23. The Morgan fingerprint density at radius 3 is 2.57 bits per heavy atom. The Hall–Kier alpha value is -4.18. The maximum Gasteiger partial charge on any atom is 0.190 e. The van der Waals surface area contributed by atoms with Gasteiger partial charge in [-0.2, -0.15) is 5.10 Å². The molecular weight excluding hydrogens is 467 g/mol. The summed E-state index contributed by atoms with van der Waals surface area (Å²) in [5.74, 6) is 2.16. The number of methoxy groups -OCH3 is 1. The van der Waals surface area contributed by atoms with E-state index in [2.05, 4.69) is 30.0 Å². The molecule has 0 bridgehead atoms. The molecule has 4 rings (SSSR count). The molecule has 8 nitrogen and oxygen atoms in total. The van der Waals surface area contributed by atoms with Gasteiger partial charge in [-0.05, 0) is 42.0 Å². The van der Waals surface area contributed by atoms with Gasteiger partial charge in [0.15, 0.2) is 10.9 Å². The van der Waals surface area contributed by atoms with E-state index >= 15 is 0 Å². The number of anilines is 1. The molecule has 0 atom stereocenters. The Morgan fingerprint density at radius 2 is 1.83 bits per heavy atom. The van der Waals surface area contributed by atoms with Crippen molar-refractivity contribution in [1.29, 1.82) is 0 Å². The number of aliphatic imine (C=N–C) groups is 2. The van der Waals surface area contributed by atoms with Gasteiger partial charge in [0.05, 0.1) is 24.7 Å². The number of rotatable bonds is 8. The molecule has 0 saturated carbocycles. The molecule has 1 fully saturated rings. The molecule has 0 aliphatic carbocycles. The summed E-state index contributed by atoms with van der Waals surface area (Å²) in [4.78, 5) is 14.1. The van der Waals surface area contributed by atoms with Crippen molar-refractivity contribution in [2.45, 2.75) is 0 Å². The van der Waals surface area contributed by atoms with E-state index in [4.69, 9.17) is 10.5 Å². The first-order valence-electron chi connectivity index (χ1n) is 10.7. The molecule has 2 N–H and O–H groups in total. The van der Waals surface area contributed by atoms with Crippen molar-refractivity contribution in [1.82, 2.24) is 0 Å². The minimum absolute atomic E-state index is 0.109. The Balaban J connectivity index is 1.39. The van der Waals surface area contributed by atoms with Crippen LogP contribution in [0.3, 0.4) is 0 Å². The normalized spacial score (nSPS) is 15.4. The second-order valence-corrected chi connectivity index (χ2v) is 8.31. The van der Waals surface area contributed by atoms with Crippen LogP contribution < -0.4 is 20.3 Å². The summed E-state index contributed by atoms with van der Waals surface area (Å²) < 4.78 is 17.6. The highest BCUT2D eigenvalue weighted by molar-refractivity contribution is 8.14. The summed E-state index contributed by atoms with van der Waals surface area (Å²) in [5.41, 5.74) is 9.24. The zero-order chi connectivity index (χ0) is 24.5. The topological polar surface area (TPSA) is 97.2 Å². The highest BCUT2D eigenvalue weighted by Crippen LogP contribution is 2.33. The van der Waals surface area contributed by atoms with Gasteiger partial charge in [0.25, 0.3) is 0 Å². The largest absolute Gasteiger partial charge is 0.495 e. The second-order valence-electron chi connectivity index (χ2n) is 7.25. The van der Waals surface area contributed by atoms with E-state index in [1.807, 2.05) is 48.5 Å². The number of para-hydroxylation sites is 2. The summed E-state index contributed by atoms with van der Waals surface area (Å²) >= 11 is 1.65. The second kappa shape index (κ2) is 11.8. The fourth-order valence-electron chi connectivity index (χ4n) is 3.26. The first kappa shape index (κ1) is 24.0. The van der Waals surface area contributed by atoms with Crippen LogP contribution in [0.1, 0.15) is 11.1 Å². The zero-order valence-corrected chi connectivity index (χ0v) is 19.7. The molecule has 1 aliphatic rings. The molecule has 10 heteroatoms. The Kier molecular flexibility index (Phi) is 8.08. The van der Waals surface area contributed by atoms with Gasteiger partial charge in [-0.25, -0.2) is 9.98 Å². The summed E-state index contributed by atoms with van der Waals surface area (Å²) in [6.07, 6.45) is 3.04. The molecule has 0 spiro atoms. The summed E-state index contributed by atoms with van der Waals surface area (Å²) in [5, 5.41) is 9.51. The number of nitrogens with zero attached hydrogens (tertiary/aromatic N) is 5. The van der Waals surface area contributed by atoms with Gasteiger partial charge in [-0.15, -0.1) is 5.10 Å². The third-order valence-corrected chi connectivity index (χ3v) is 5.99. The highest BCUT2D eigenvalue weighted by atomic mass is 32.2. The minimum atomic E-state index is 0.109. The van der Waals surface area contributed by atoms with E-state index in [0.29, 0.717) is 11.5 Å². The van der Waals surface area contributed by atoms with Crippen molar-refractivity contribution in [2.24, 2.45) is 25.9 Å². The first-order valence-corrected chi connectivity index (χ1v) is 11.7. The zero-order valence-electron chi connectivity index (χ0n) is 18.9. The number of ether oxygens (including phenoxy) is 1. The molecule has 0 aromatic heterocycles. The van der Waals surface area contributed by atoms with Crippen molar-refractivity contribution in [3.63, 3.8) is 0 Å². The van der Waals surface area contributed by atoms with Crippen LogP contribution in [-0.2, 0) is 0 Å². The molecule has 3 aromatic rings. The van der Waals surface area contributed by atoms with Crippen LogP contribution in [0.2, 0.25) is 0 Å². The molecule has 35 heavy (non-hydrogen) atoms. The molecule has 0 unspecified atom stereocenters. The van der Waals surface area contributed by atoms with E-state index < -0.39 is 0 Å². The Bertz CT molecular complexity index is 1260. The number of halogens is 1. The summed E-state index contributed by atoms with van der Waals surface area (Å²) in [6.45, 7) is 0.841. The molecule has 0 radical (unpaired) electrons. The van der Waals surface area contributed by atoms with Crippen molar-refractivity contribution in [3.8, 4) is 11.5 Å². The summed E-state index contributed by atoms with van der Waals surface area (Å²) in [6, 6.07) is 21.5. The molecule has 0 amide bonds. The molecule has 1 aliphatic heterocycles. The molecule has 1 heterocycles. The number of hydrogen-bond donors (Lipinski definition) is 1. The number of thioether (sulfide) groups is 1. The smallest absolute Gasteiger partial charge is 0.190 e. The first-order chi connectivity index (χ1) is 17.2. The van der Waals surface area contributed by atoms with Gasteiger partial charge in [0, 0.05) is 22.4 Å². The lowest BCUT2D eigenvalue weighted by Gasteiger charge is -2.19. The lowest BCUT2D eigenvalue weighted by atomic mass is 10.1. The van der Waals surface area contributed by atoms with Gasteiger partial charge >= 0.3 is 0 Å². The average molecular weight is 491 g/mol. The van der Waals surface area contributed by atoms with Crippen molar-refractivity contribution in [2.75, 3.05) is 24.3 Å². The third-order valence-electron chi connectivity index (χ3n) is 5.04. The van der Waals surface area contributed by atoms with Crippen LogP contribution in [0.25, 0.3) is 0 Å². The Labute approximate surface area is 206 Å². The molecule has 1 saturated heterocycles.